The van der Waals surface area contributed by atoms with E-state index < -0.39 is 0 Å². The molecule has 0 aliphatic rings. The first-order valence-electron chi connectivity index (χ1n) is 6.22. The summed E-state index contributed by atoms with van der Waals surface area (Å²) in [5.41, 5.74) is 0.648. The molecule has 1 amide bonds. The van der Waals surface area contributed by atoms with Gasteiger partial charge in [0.25, 0.3) is 5.91 Å². The van der Waals surface area contributed by atoms with Crippen molar-refractivity contribution in [3.05, 3.63) is 29.8 Å². The number of amides is 1. The summed E-state index contributed by atoms with van der Waals surface area (Å²) in [7, 11) is 0. The zero-order chi connectivity index (χ0) is 13.5. The summed E-state index contributed by atoms with van der Waals surface area (Å²) in [4.78, 5) is 12.9. The molecule has 0 saturated heterocycles. The molecule has 4 heteroatoms. The van der Waals surface area contributed by atoms with E-state index in [4.69, 9.17) is 4.74 Å². The Kier molecular flexibility index (Phi) is 6.22. The number of carbonyl (C=O) groups is 1. The Labute approximate surface area is 114 Å². The molecule has 1 rings (SSSR count). The van der Waals surface area contributed by atoms with Crippen LogP contribution in [0.5, 0.6) is 0 Å². The smallest absolute Gasteiger partial charge is 0.251 e. The first kappa shape index (κ1) is 15.1. The van der Waals surface area contributed by atoms with Crippen molar-refractivity contribution in [1.82, 2.24) is 5.32 Å². The molecule has 0 saturated carbocycles. The lowest BCUT2D eigenvalue weighted by Gasteiger charge is -2.22. The molecular weight excluding hydrogens is 246 g/mol. The van der Waals surface area contributed by atoms with Gasteiger partial charge in [-0.3, -0.25) is 4.79 Å². The number of ether oxygens (including phenoxy) is 1. The van der Waals surface area contributed by atoms with Crippen LogP contribution in [0.4, 0.5) is 0 Å². The van der Waals surface area contributed by atoms with Gasteiger partial charge >= 0.3 is 0 Å². The highest BCUT2D eigenvalue weighted by atomic mass is 32.1. The molecule has 0 fully saturated rings. The molecule has 0 aliphatic heterocycles. The minimum absolute atomic E-state index is 0.0353. The summed E-state index contributed by atoms with van der Waals surface area (Å²) in [6.07, 6.45) is 0. The third-order valence-corrected chi connectivity index (χ3v) is 3.05. The predicted octanol–water partition coefficient (Wildman–Crippen LogP) is 2.77. The highest BCUT2D eigenvalue weighted by Crippen LogP contribution is 2.09. The lowest BCUT2D eigenvalue weighted by Crippen LogP contribution is -2.41. The Morgan fingerprint density at radius 3 is 2.44 bits per heavy atom. The molecule has 1 unspecified atom stereocenters. The minimum atomic E-state index is -0.0678. The fraction of sp³-hybridized carbons (Fsp3) is 0.500. The monoisotopic (exact) mass is 267 g/mol. The van der Waals surface area contributed by atoms with Gasteiger partial charge in [-0.05, 0) is 37.1 Å². The summed E-state index contributed by atoms with van der Waals surface area (Å²) < 4.78 is 5.39. The highest BCUT2D eigenvalue weighted by Gasteiger charge is 2.17. The maximum absolute atomic E-state index is 12.0. The topological polar surface area (TPSA) is 38.3 Å². The van der Waals surface area contributed by atoms with E-state index in [0.29, 0.717) is 24.7 Å². The van der Waals surface area contributed by atoms with Crippen LogP contribution in [0.3, 0.4) is 0 Å². The average Bonchev–Trinajstić information content (AvgIpc) is 2.34. The summed E-state index contributed by atoms with van der Waals surface area (Å²) in [6, 6.07) is 7.20. The number of thiol groups is 1. The van der Waals surface area contributed by atoms with Crippen LogP contribution in [0.1, 0.15) is 31.1 Å². The van der Waals surface area contributed by atoms with E-state index in [2.05, 4.69) is 31.8 Å². The Hall–Kier alpha value is -1.00. The largest absolute Gasteiger partial charge is 0.380 e. The number of carbonyl (C=O) groups excluding carboxylic acids is 1. The van der Waals surface area contributed by atoms with Crippen molar-refractivity contribution in [2.75, 3.05) is 13.2 Å². The number of hydrogen-bond donors (Lipinski definition) is 2. The van der Waals surface area contributed by atoms with Crippen molar-refractivity contribution < 1.29 is 9.53 Å². The molecule has 3 nitrogen and oxygen atoms in total. The van der Waals surface area contributed by atoms with Crippen LogP contribution in [-0.2, 0) is 4.74 Å². The van der Waals surface area contributed by atoms with E-state index >= 15 is 0 Å². The van der Waals surface area contributed by atoms with Gasteiger partial charge in [-0.25, -0.2) is 0 Å². The quantitative estimate of drug-likeness (QED) is 0.778. The molecule has 0 aliphatic carbocycles. The van der Waals surface area contributed by atoms with Crippen LogP contribution in [0.2, 0.25) is 0 Å². The molecule has 0 heterocycles. The zero-order valence-electron chi connectivity index (χ0n) is 11.1. The van der Waals surface area contributed by atoms with Crippen LogP contribution in [-0.4, -0.2) is 25.2 Å². The highest BCUT2D eigenvalue weighted by molar-refractivity contribution is 7.80. The van der Waals surface area contributed by atoms with Gasteiger partial charge in [0.15, 0.2) is 0 Å². The molecule has 100 valence electrons. The molecular formula is C14H21NO2S. The molecule has 0 spiro atoms. The van der Waals surface area contributed by atoms with Crippen molar-refractivity contribution in [2.24, 2.45) is 5.92 Å². The molecule has 0 aromatic heterocycles. The van der Waals surface area contributed by atoms with E-state index in [9.17, 15) is 4.79 Å². The van der Waals surface area contributed by atoms with Gasteiger partial charge in [0.1, 0.15) is 0 Å². The van der Waals surface area contributed by atoms with Gasteiger partial charge < -0.3 is 10.1 Å². The number of nitrogens with one attached hydrogen (secondary N) is 1. The molecule has 1 N–H and O–H groups in total. The number of rotatable bonds is 6. The van der Waals surface area contributed by atoms with Crippen molar-refractivity contribution in [2.45, 2.75) is 31.7 Å². The molecule has 18 heavy (non-hydrogen) atoms. The van der Waals surface area contributed by atoms with Gasteiger partial charge in [0, 0.05) is 17.1 Å². The minimum Gasteiger partial charge on any atom is -0.380 e. The number of benzene rings is 1. The molecule has 1 atom stereocenters. The van der Waals surface area contributed by atoms with Gasteiger partial charge in [0.05, 0.1) is 12.6 Å². The van der Waals surface area contributed by atoms with Crippen LogP contribution in [0.15, 0.2) is 29.2 Å². The predicted molar refractivity (Wildman–Crippen MR) is 76.3 cm³/mol. The third-order valence-electron chi connectivity index (χ3n) is 2.75. The van der Waals surface area contributed by atoms with Gasteiger partial charge in [-0.15, -0.1) is 12.6 Å². The molecule has 1 aromatic rings. The van der Waals surface area contributed by atoms with Crippen molar-refractivity contribution in [1.29, 1.82) is 0 Å². The molecule has 0 bridgehead atoms. The fourth-order valence-electron chi connectivity index (χ4n) is 1.51. The normalized spacial score (nSPS) is 12.5. The van der Waals surface area contributed by atoms with Crippen LogP contribution in [0.25, 0.3) is 0 Å². The van der Waals surface area contributed by atoms with Gasteiger partial charge in [-0.2, -0.15) is 0 Å². The van der Waals surface area contributed by atoms with Crippen LogP contribution < -0.4 is 5.32 Å². The van der Waals surface area contributed by atoms with Crippen LogP contribution in [0, 0.1) is 5.92 Å². The second-order valence-corrected chi connectivity index (χ2v) is 5.05. The van der Waals surface area contributed by atoms with Crippen molar-refractivity contribution >= 4 is 18.5 Å². The van der Waals surface area contributed by atoms with E-state index in [0.717, 1.165) is 4.90 Å². The van der Waals surface area contributed by atoms with Gasteiger partial charge in [0.2, 0.25) is 0 Å². The van der Waals surface area contributed by atoms with E-state index in [1.165, 1.54) is 0 Å². The Morgan fingerprint density at radius 2 is 1.94 bits per heavy atom. The number of hydrogen-bond acceptors (Lipinski definition) is 3. The zero-order valence-corrected chi connectivity index (χ0v) is 12.0. The summed E-state index contributed by atoms with van der Waals surface area (Å²) in [5.74, 6) is 0.270. The summed E-state index contributed by atoms with van der Waals surface area (Å²) in [6.45, 7) is 7.30. The SMILES string of the molecule is CCOCC(NC(=O)c1ccc(S)cc1)C(C)C. The van der Waals surface area contributed by atoms with E-state index in [1.807, 2.05) is 19.1 Å². The molecule has 0 radical (unpaired) electrons. The van der Waals surface area contributed by atoms with Gasteiger partial charge in [-0.1, -0.05) is 13.8 Å². The lowest BCUT2D eigenvalue weighted by molar-refractivity contribution is 0.0806. The Morgan fingerprint density at radius 1 is 1.33 bits per heavy atom. The first-order chi connectivity index (χ1) is 8.54. The lowest BCUT2D eigenvalue weighted by atomic mass is 10.0. The fourth-order valence-corrected chi connectivity index (χ4v) is 1.66. The first-order valence-corrected chi connectivity index (χ1v) is 6.67. The van der Waals surface area contributed by atoms with E-state index in [-0.39, 0.29) is 11.9 Å². The van der Waals surface area contributed by atoms with Crippen molar-refractivity contribution in [3.8, 4) is 0 Å². The standard InChI is InChI=1S/C14H21NO2S/c1-4-17-9-13(10(2)3)15-14(16)11-5-7-12(18)8-6-11/h5-8,10,13,18H,4,9H2,1-3H3,(H,15,16). The summed E-state index contributed by atoms with van der Waals surface area (Å²) in [5, 5.41) is 3.00. The van der Waals surface area contributed by atoms with Crippen LogP contribution >= 0.6 is 12.6 Å². The Balaban J connectivity index is 2.63. The Bertz CT molecular complexity index is 376. The van der Waals surface area contributed by atoms with Crippen molar-refractivity contribution in [3.63, 3.8) is 0 Å². The third kappa shape index (κ3) is 4.70. The second-order valence-electron chi connectivity index (χ2n) is 4.53. The summed E-state index contributed by atoms with van der Waals surface area (Å²) >= 11 is 4.20. The maximum Gasteiger partial charge on any atom is 0.251 e. The second kappa shape index (κ2) is 7.44. The average molecular weight is 267 g/mol. The maximum atomic E-state index is 12.0. The molecule has 1 aromatic carbocycles. The van der Waals surface area contributed by atoms with E-state index in [1.54, 1.807) is 12.1 Å².